The number of hydrogen-bond acceptors (Lipinski definition) is 5. The molecule has 0 saturated carbocycles. The molecule has 0 aromatic rings. The van der Waals surface area contributed by atoms with Crippen LogP contribution in [-0.4, -0.2) is 74.2 Å². The van der Waals surface area contributed by atoms with E-state index < -0.39 is 0 Å². The summed E-state index contributed by atoms with van der Waals surface area (Å²) in [5.41, 5.74) is 0. The Hall–Kier alpha value is -0.650. The van der Waals surface area contributed by atoms with Crippen LogP contribution in [0.3, 0.4) is 0 Å². The largest absolute Gasteiger partial charge is 0.468 e. The number of nitrogens with one attached hydrogen (secondary N) is 1. The van der Waals surface area contributed by atoms with E-state index in [1.165, 1.54) is 26.5 Å². The van der Waals surface area contributed by atoms with Gasteiger partial charge in [0.25, 0.3) is 0 Å². The van der Waals surface area contributed by atoms with Crippen LogP contribution in [0.15, 0.2) is 0 Å². The van der Waals surface area contributed by atoms with Crippen LogP contribution in [0, 0.1) is 0 Å². The first-order chi connectivity index (χ1) is 8.65. The zero-order valence-corrected chi connectivity index (χ0v) is 11.7. The predicted molar refractivity (Wildman–Crippen MR) is 70.5 cm³/mol. The van der Waals surface area contributed by atoms with Crippen LogP contribution in [-0.2, 0) is 9.53 Å². The molecule has 3 unspecified atom stereocenters. The van der Waals surface area contributed by atoms with Crippen molar-refractivity contribution in [3.63, 3.8) is 0 Å². The van der Waals surface area contributed by atoms with Gasteiger partial charge in [-0.15, -0.1) is 0 Å². The lowest BCUT2D eigenvalue weighted by atomic mass is 10.1. The van der Waals surface area contributed by atoms with E-state index >= 15 is 0 Å². The number of esters is 1. The lowest BCUT2D eigenvalue weighted by Crippen LogP contribution is -2.58. The van der Waals surface area contributed by atoms with E-state index in [0.717, 1.165) is 19.6 Å². The number of nitrogens with zero attached hydrogens (tertiary/aromatic N) is 2. The molecular weight excluding hydrogens is 230 g/mol. The van der Waals surface area contributed by atoms with Crippen molar-refractivity contribution < 1.29 is 9.53 Å². The minimum atomic E-state index is -0.217. The molecule has 2 saturated heterocycles. The minimum Gasteiger partial charge on any atom is -0.468 e. The average molecular weight is 255 g/mol. The molecule has 2 heterocycles. The van der Waals surface area contributed by atoms with E-state index in [9.17, 15) is 4.79 Å². The summed E-state index contributed by atoms with van der Waals surface area (Å²) in [5, 5.41) is 3.05. The molecule has 1 N–H and O–H groups in total. The predicted octanol–water partition coefficient (Wildman–Crippen LogP) is -0.0841. The minimum absolute atomic E-state index is 0.168. The van der Waals surface area contributed by atoms with Gasteiger partial charge in [-0.1, -0.05) is 0 Å². The average Bonchev–Trinajstić information content (AvgIpc) is 2.81. The fraction of sp³-hybridized carbons (Fsp3) is 0.923. The topological polar surface area (TPSA) is 44.8 Å². The van der Waals surface area contributed by atoms with Gasteiger partial charge < -0.3 is 10.1 Å². The molecule has 2 aliphatic heterocycles. The van der Waals surface area contributed by atoms with Gasteiger partial charge in [0, 0.05) is 31.7 Å². The fourth-order valence-corrected chi connectivity index (χ4v) is 3.16. The third-order valence-corrected chi connectivity index (χ3v) is 4.32. The molecule has 2 aliphatic rings. The molecule has 0 aromatic heterocycles. The van der Waals surface area contributed by atoms with Crippen LogP contribution in [0.2, 0.25) is 0 Å². The summed E-state index contributed by atoms with van der Waals surface area (Å²) in [6.45, 7) is 6.45. The highest BCUT2D eigenvalue weighted by Gasteiger charge is 2.35. The summed E-state index contributed by atoms with van der Waals surface area (Å²) in [5.74, 6) is -0.168. The molecule has 104 valence electrons. The molecule has 2 fully saturated rings. The number of methoxy groups -OCH3 is 1. The zero-order chi connectivity index (χ0) is 13.1. The Morgan fingerprint density at radius 1 is 1.50 bits per heavy atom. The standard InChI is InChI=1S/C13H25N3O2/c1-10-7-15-6-4-5-11(15)8-16(10)9-12(14-2)13(17)18-3/h10-12,14H,4-9H2,1-3H3. The maximum atomic E-state index is 11.6. The van der Waals surface area contributed by atoms with E-state index in [2.05, 4.69) is 22.0 Å². The van der Waals surface area contributed by atoms with E-state index in [1.807, 2.05) is 7.05 Å². The summed E-state index contributed by atoms with van der Waals surface area (Å²) in [4.78, 5) is 16.6. The highest BCUT2D eigenvalue weighted by molar-refractivity contribution is 5.75. The van der Waals surface area contributed by atoms with Crippen LogP contribution >= 0.6 is 0 Å². The van der Waals surface area contributed by atoms with Gasteiger partial charge >= 0.3 is 5.97 Å². The molecule has 2 rings (SSSR count). The summed E-state index contributed by atoms with van der Waals surface area (Å²) in [6.07, 6.45) is 2.61. The van der Waals surface area contributed by atoms with Gasteiger partial charge in [-0.05, 0) is 33.4 Å². The molecule has 18 heavy (non-hydrogen) atoms. The SMILES string of the molecule is CNC(CN1CC2CCCN2CC1C)C(=O)OC. The van der Waals surface area contributed by atoms with Gasteiger partial charge in [-0.2, -0.15) is 0 Å². The number of rotatable bonds is 4. The number of hydrogen-bond donors (Lipinski definition) is 1. The van der Waals surface area contributed by atoms with Crippen molar-refractivity contribution in [2.24, 2.45) is 0 Å². The molecule has 3 atom stereocenters. The van der Waals surface area contributed by atoms with Crippen molar-refractivity contribution in [3.05, 3.63) is 0 Å². The van der Waals surface area contributed by atoms with Gasteiger partial charge in [0.15, 0.2) is 0 Å². The third kappa shape index (κ3) is 2.84. The second kappa shape index (κ2) is 5.99. The normalized spacial score (nSPS) is 31.1. The molecule has 5 nitrogen and oxygen atoms in total. The maximum absolute atomic E-state index is 11.6. The smallest absolute Gasteiger partial charge is 0.324 e. The van der Waals surface area contributed by atoms with Crippen molar-refractivity contribution in [1.82, 2.24) is 15.1 Å². The van der Waals surface area contributed by atoms with Gasteiger partial charge in [0.05, 0.1) is 7.11 Å². The quantitative estimate of drug-likeness (QED) is 0.712. The number of fused-ring (bicyclic) bond motifs is 1. The Morgan fingerprint density at radius 2 is 2.28 bits per heavy atom. The Bertz CT molecular complexity index is 298. The lowest BCUT2D eigenvalue weighted by molar-refractivity contribution is -0.143. The van der Waals surface area contributed by atoms with Crippen LogP contribution in [0.5, 0.6) is 0 Å². The molecular formula is C13H25N3O2. The molecule has 0 bridgehead atoms. The molecule has 0 radical (unpaired) electrons. The third-order valence-electron chi connectivity index (χ3n) is 4.32. The summed E-state index contributed by atoms with van der Waals surface area (Å²) in [6, 6.07) is 0.988. The molecule has 0 spiro atoms. The van der Waals surface area contributed by atoms with Gasteiger partial charge in [-0.3, -0.25) is 14.6 Å². The molecule has 5 heteroatoms. The highest BCUT2D eigenvalue weighted by Crippen LogP contribution is 2.24. The van der Waals surface area contributed by atoms with Crippen LogP contribution in [0.1, 0.15) is 19.8 Å². The zero-order valence-electron chi connectivity index (χ0n) is 11.7. The fourth-order valence-electron chi connectivity index (χ4n) is 3.16. The van der Waals surface area contributed by atoms with E-state index in [1.54, 1.807) is 0 Å². The Morgan fingerprint density at radius 3 is 2.94 bits per heavy atom. The highest BCUT2D eigenvalue weighted by atomic mass is 16.5. The second-order valence-corrected chi connectivity index (χ2v) is 5.46. The summed E-state index contributed by atoms with van der Waals surface area (Å²) < 4.78 is 4.83. The van der Waals surface area contributed by atoms with Crippen molar-refractivity contribution in [3.8, 4) is 0 Å². The van der Waals surface area contributed by atoms with Crippen LogP contribution in [0.4, 0.5) is 0 Å². The number of carbonyl (C=O) groups excluding carboxylic acids is 1. The van der Waals surface area contributed by atoms with E-state index in [-0.39, 0.29) is 12.0 Å². The van der Waals surface area contributed by atoms with Gasteiger partial charge in [0.1, 0.15) is 6.04 Å². The first-order valence-corrected chi connectivity index (χ1v) is 6.89. The number of ether oxygens (including phenoxy) is 1. The van der Waals surface area contributed by atoms with Gasteiger partial charge in [-0.25, -0.2) is 0 Å². The number of likely N-dealkylation sites (N-methyl/N-ethyl adjacent to an activating group) is 1. The van der Waals surface area contributed by atoms with Crippen molar-refractivity contribution >= 4 is 5.97 Å². The van der Waals surface area contributed by atoms with Gasteiger partial charge in [0.2, 0.25) is 0 Å². The molecule has 0 aliphatic carbocycles. The Kier molecular flexibility index (Phi) is 4.59. The van der Waals surface area contributed by atoms with Crippen LogP contribution in [0.25, 0.3) is 0 Å². The van der Waals surface area contributed by atoms with E-state index in [0.29, 0.717) is 12.1 Å². The first kappa shape index (κ1) is 13.8. The maximum Gasteiger partial charge on any atom is 0.324 e. The second-order valence-electron chi connectivity index (χ2n) is 5.46. The number of piperazine rings is 1. The molecule has 0 aromatic carbocycles. The summed E-state index contributed by atoms with van der Waals surface area (Å²) in [7, 11) is 3.27. The monoisotopic (exact) mass is 255 g/mol. The lowest BCUT2D eigenvalue weighted by Gasteiger charge is -2.43. The molecule has 0 amide bonds. The Labute approximate surface area is 109 Å². The Balaban J connectivity index is 1.93. The number of carbonyl (C=O) groups is 1. The van der Waals surface area contributed by atoms with Crippen molar-refractivity contribution in [2.75, 3.05) is 40.3 Å². The van der Waals surface area contributed by atoms with Crippen molar-refractivity contribution in [2.45, 2.75) is 37.9 Å². The summed E-state index contributed by atoms with van der Waals surface area (Å²) >= 11 is 0. The van der Waals surface area contributed by atoms with Crippen LogP contribution < -0.4 is 5.32 Å². The first-order valence-electron chi connectivity index (χ1n) is 6.89. The van der Waals surface area contributed by atoms with Crippen molar-refractivity contribution in [1.29, 1.82) is 0 Å². The van der Waals surface area contributed by atoms with E-state index in [4.69, 9.17) is 4.74 Å².